The molecule has 0 aromatic heterocycles. The maximum Gasteiger partial charge on any atom is 0.193 e. The summed E-state index contributed by atoms with van der Waals surface area (Å²) in [5.74, 6) is 3.27. The zero-order valence-electron chi connectivity index (χ0n) is 12.5. The lowest BCUT2D eigenvalue weighted by atomic mass is 10.2. The van der Waals surface area contributed by atoms with E-state index < -0.39 is 16.4 Å². The molecule has 0 amide bonds. The zero-order chi connectivity index (χ0) is 13.2. The standard InChI is InChI=1S/C13H28OSi2/c1-12(10-11-15(5,6)7)14-16(8,9)13(2,3)4/h12H,1-9H3/t12-/m0/s1. The predicted octanol–water partition coefficient (Wildman–Crippen LogP) is 4.28. The summed E-state index contributed by atoms with van der Waals surface area (Å²) in [5.41, 5.74) is 3.38. The van der Waals surface area contributed by atoms with Crippen LogP contribution in [0.4, 0.5) is 0 Å². The highest BCUT2D eigenvalue weighted by atomic mass is 28.4. The van der Waals surface area contributed by atoms with Crippen LogP contribution in [0.2, 0.25) is 37.8 Å². The van der Waals surface area contributed by atoms with Crippen LogP contribution in [-0.2, 0) is 4.43 Å². The molecule has 0 saturated heterocycles. The maximum absolute atomic E-state index is 6.19. The monoisotopic (exact) mass is 256 g/mol. The Bertz CT molecular complexity index is 284. The Hall–Kier alpha value is -0.0462. The normalized spacial score (nSPS) is 15.3. The van der Waals surface area contributed by atoms with Gasteiger partial charge in [0.25, 0.3) is 0 Å². The van der Waals surface area contributed by atoms with Crippen molar-refractivity contribution in [2.75, 3.05) is 0 Å². The molecule has 1 atom stereocenters. The molecule has 3 heteroatoms. The van der Waals surface area contributed by atoms with E-state index in [0.29, 0.717) is 0 Å². The first-order valence-corrected chi connectivity index (χ1v) is 12.5. The van der Waals surface area contributed by atoms with Gasteiger partial charge in [0.15, 0.2) is 8.32 Å². The van der Waals surface area contributed by atoms with E-state index in [9.17, 15) is 0 Å². The number of hydrogen-bond acceptors (Lipinski definition) is 1. The van der Waals surface area contributed by atoms with Gasteiger partial charge in [-0.05, 0) is 25.1 Å². The maximum atomic E-state index is 6.19. The topological polar surface area (TPSA) is 9.23 Å². The van der Waals surface area contributed by atoms with E-state index in [1.165, 1.54) is 0 Å². The molecule has 0 aliphatic heterocycles. The van der Waals surface area contributed by atoms with Crippen LogP contribution in [0, 0.1) is 11.5 Å². The Morgan fingerprint density at radius 3 is 1.75 bits per heavy atom. The fraction of sp³-hybridized carbons (Fsp3) is 0.846. The lowest BCUT2D eigenvalue weighted by molar-refractivity contribution is 0.251. The molecule has 0 aromatic carbocycles. The molecule has 0 radical (unpaired) electrons. The van der Waals surface area contributed by atoms with Crippen molar-refractivity contribution in [1.82, 2.24) is 0 Å². The van der Waals surface area contributed by atoms with Gasteiger partial charge in [0.05, 0.1) is 0 Å². The third kappa shape index (κ3) is 5.88. The molecular weight excluding hydrogens is 228 g/mol. The van der Waals surface area contributed by atoms with E-state index in [-0.39, 0.29) is 11.1 Å². The molecule has 16 heavy (non-hydrogen) atoms. The van der Waals surface area contributed by atoms with Crippen LogP contribution in [0.25, 0.3) is 0 Å². The van der Waals surface area contributed by atoms with Crippen molar-refractivity contribution in [2.24, 2.45) is 0 Å². The predicted molar refractivity (Wildman–Crippen MR) is 78.9 cm³/mol. The van der Waals surface area contributed by atoms with Gasteiger partial charge in [-0.1, -0.05) is 46.3 Å². The molecule has 0 aliphatic rings. The summed E-state index contributed by atoms with van der Waals surface area (Å²) in [7, 11) is -2.92. The first kappa shape index (κ1) is 16.0. The van der Waals surface area contributed by atoms with Crippen LogP contribution >= 0.6 is 0 Å². The van der Waals surface area contributed by atoms with Gasteiger partial charge in [0, 0.05) is 0 Å². The van der Waals surface area contributed by atoms with Gasteiger partial charge in [-0.2, -0.15) is 0 Å². The lowest BCUT2D eigenvalue weighted by Gasteiger charge is -2.37. The minimum absolute atomic E-state index is 0.0765. The van der Waals surface area contributed by atoms with E-state index in [2.05, 4.69) is 71.9 Å². The SMILES string of the molecule is C[C@@H](C#C[Si](C)(C)C)O[Si](C)(C)C(C)(C)C. The fourth-order valence-corrected chi connectivity index (χ4v) is 2.90. The molecule has 0 unspecified atom stereocenters. The summed E-state index contributed by atoms with van der Waals surface area (Å²) in [4.78, 5) is 0. The van der Waals surface area contributed by atoms with Crippen molar-refractivity contribution in [1.29, 1.82) is 0 Å². The van der Waals surface area contributed by atoms with Crippen molar-refractivity contribution < 1.29 is 4.43 Å². The van der Waals surface area contributed by atoms with Crippen LogP contribution in [0.15, 0.2) is 0 Å². The van der Waals surface area contributed by atoms with E-state index in [1.54, 1.807) is 0 Å². The smallest absolute Gasteiger partial charge is 0.193 e. The molecule has 0 rings (SSSR count). The van der Waals surface area contributed by atoms with Crippen molar-refractivity contribution >= 4 is 16.4 Å². The highest BCUT2D eigenvalue weighted by Crippen LogP contribution is 2.37. The van der Waals surface area contributed by atoms with Crippen molar-refractivity contribution in [3.63, 3.8) is 0 Å². The number of hydrogen-bond donors (Lipinski definition) is 0. The second-order valence-electron chi connectivity index (χ2n) is 7.04. The molecule has 0 aromatic rings. The van der Waals surface area contributed by atoms with Crippen molar-refractivity contribution in [2.45, 2.75) is 71.6 Å². The molecular formula is C13H28OSi2. The summed E-state index contributed by atoms with van der Waals surface area (Å²) >= 11 is 0. The Labute approximate surface area is 104 Å². The molecule has 0 fully saturated rings. The third-order valence-corrected chi connectivity index (χ3v) is 8.38. The van der Waals surface area contributed by atoms with Gasteiger partial charge in [0.1, 0.15) is 14.2 Å². The summed E-state index contributed by atoms with van der Waals surface area (Å²) in [5, 5.41) is 0.266. The second kappa shape index (κ2) is 5.07. The second-order valence-corrected chi connectivity index (χ2v) is 16.5. The molecule has 0 saturated carbocycles. The largest absolute Gasteiger partial charge is 0.404 e. The Kier molecular flexibility index (Phi) is 5.06. The Balaban J connectivity index is 4.57. The first-order chi connectivity index (χ1) is 6.85. The molecule has 0 aliphatic carbocycles. The van der Waals surface area contributed by atoms with Gasteiger partial charge >= 0.3 is 0 Å². The van der Waals surface area contributed by atoms with E-state index in [0.717, 1.165) is 0 Å². The average molecular weight is 257 g/mol. The van der Waals surface area contributed by atoms with Crippen LogP contribution in [-0.4, -0.2) is 22.5 Å². The zero-order valence-corrected chi connectivity index (χ0v) is 14.5. The van der Waals surface area contributed by atoms with Crippen LogP contribution in [0.3, 0.4) is 0 Å². The molecule has 0 bridgehead atoms. The minimum atomic E-state index is -1.65. The summed E-state index contributed by atoms with van der Waals surface area (Å²) < 4.78 is 6.19. The van der Waals surface area contributed by atoms with Gasteiger partial charge < -0.3 is 4.43 Å². The van der Waals surface area contributed by atoms with Gasteiger partial charge in [0.2, 0.25) is 0 Å². The number of rotatable bonds is 2. The Morgan fingerprint density at radius 1 is 1.00 bits per heavy atom. The van der Waals surface area contributed by atoms with E-state index in [4.69, 9.17) is 4.43 Å². The third-order valence-electron chi connectivity index (χ3n) is 2.93. The summed E-state index contributed by atoms with van der Waals surface area (Å²) in [6.45, 7) is 20.2. The highest BCUT2D eigenvalue weighted by molar-refractivity contribution is 6.83. The lowest BCUT2D eigenvalue weighted by Crippen LogP contribution is -2.43. The van der Waals surface area contributed by atoms with Crippen molar-refractivity contribution in [3.05, 3.63) is 0 Å². The van der Waals surface area contributed by atoms with Crippen LogP contribution < -0.4 is 0 Å². The minimum Gasteiger partial charge on any atom is -0.404 e. The average Bonchev–Trinajstić information content (AvgIpc) is 1.96. The highest BCUT2D eigenvalue weighted by Gasteiger charge is 2.38. The van der Waals surface area contributed by atoms with Gasteiger partial charge in [-0.15, -0.1) is 5.54 Å². The van der Waals surface area contributed by atoms with Gasteiger partial charge in [-0.25, -0.2) is 0 Å². The molecule has 94 valence electrons. The van der Waals surface area contributed by atoms with Crippen molar-refractivity contribution in [3.8, 4) is 11.5 Å². The summed E-state index contributed by atoms with van der Waals surface area (Å²) in [6, 6.07) is 0. The fourth-order valence-electron chi connectivity index (χ4n) is 0.966. The van der Waals surface area contributed by atoms with E-state index in [1.807, 2.05) is 0 Å². The van der Waals surface area contributed by atoms with Gasteiger partial charge in [-0.3, -0.25) is 0 Å². The molecule has 0 heterocycles. The molecule has 1 nitrogen and oxygen atoms in total. The molecule has 0 N–H and O–H groups in total. The first-order valence-electron chi connectivity index (χ1n) is 6.06. The Morgan fingerprint density at radius 2 is 1.44 bits per heavy atom. The van der Waals surface area contributed by atoms with Crippen LogP contribution in [0.5, 0.6) is 0 Å². The summed E-state index contributed by atoms with van der Waals surface area (Å²) in [6.07, 6.45) is 0.0765. The molecule has 0 spiro atoms. The quantitative estimate of drug-likeness (QED) is 0.529. The van der Waals surface area contributed by atoms with Crippen LogP contribution in [0.1, 0.15) is 27.7 Å². The van der Waals surface area contributed by atoms with E-state index >= 15 is 0 Å².